The SMILES string of the molecule is CCCCc1ccc(C(=O)N2Cc3ccc(OCCCC#N)cc3C2)cc1C(=O)NC. The number of nitrogens with one attached hydrogen (secondary N) is 1. The lowest BCUT2D eigenvalue weighted by molar-refractivity contribution is 0.0751. The highest BCUT2D eigenvalue weighted by atomic mass is 16.5. The molecule has 0 fully saturated rings. The summed E-state index contributed by atoms with van der Waals surface area (Å²) in [5, 5.41) is 11.3. The van der Waals surface area contributed by atoms with Crippen LogP contribution in [0.1, 0.15) is 70.0 Å². The van der Waals surface area contributed by atoms with Crippen molar-refractivity contribution in [1.29, 1.82) is 5.26 Å². The molecule has 0 atom stereocenters. The predicted octanol–water partition coefficient (Wildman–Crippen LogP) is 4.23. The van der Waals surface area contributed by atoms with Gasteiger partial charge in [0.1, 0.15) is 5.75 Å². The molecule has 162 valence electrons. The number of amides is 2. The van der Waals surface area contributed by atoms with E-state index in [4.69, 9.17) is 10.00 Å². The number of hydrogen-bond acceptors (Lipinski definition) is 4. The Morgan fingerprint density at radius 1 is 1.13 bits per heavy atom. The molecule has 6 heteroatoms. The highest BCUT2D eigenvalue weighted by Gasteiger charge is 2.25. The van der Waals surface area contributed by atoms with Gasteiger partial charge in [0, 0.05) is 37.7 Å². The molecule has 1 N–H and O–H groups in total. The highest BCUT2D eigenvalue weighted by Crippen LogP contribution is 2.28. The summed E-state index contributed by atoms with van der Waals surface area (Å²) in [6.45, 7) is 3.67. The Bertz CT molecular complexity index is 994. The van der Waals surface area contributed by atoms with Crippen LogP contribution in [0.25, 0.3) is 0 Å². The zero-order valence-electron chi connectivity index (χ0n) is 18.2. The van der Waals surface area contributed by atoms with Gasteiger partial charge in [-0.15, -0.1) is 0 Å². The van der Waals surface area contributed by atoms with E-state index in [9.17, 15) is 9.59 Å². The van der Waals surface area contributed by atoms with Crippen LogP contribution >= 0.6 is 0 Å². The number of carbonyl (C=O) groups is 2. The van der Waals surface area contributed by atoms with Crippen molar-refractivity contribution in [1.82, 2.24) is 10.2 Å². The van der Waals surface area contributed by atoms with Gasteiger partial charge in [-0.05, 0) is 60.2 Å². The lowest BCUT2D eigenvalue weighted by Crippen LogP contribution is -2.26. The van der Waals surface area contributed by atoms with Crippen LogP contribution in [0.4, 0.5) is 0 Å². The maximum absolute atomic E-state index is 13.2. The summed E-state index contributed by atoms with van der Waals surface area (Å²) in [5.74, 6) is 0.511. The van der Waals surface area contributed by atoms with Crippen molar-refractivity contribution >= 4 is 11.8 Å². The number of aryl methyl sites for hydroxylation is 1. The van der Waals surface area contributed by atoms with E-state index in [1.165, 1.54) is 0 Å². The van der Waals surface area contributed by atoms with Gasteiger partial charge in [0.25, 0.3) is 11.8 Å². The van der Waals surface area contributed by atoms with Crippen LogP contribution in [0.2, 0.25) is 0 Å². The lowest BCUT2D eigenvalue weighted by Gasteiger charge is -2.17. The molecule has 2 aromatic rings. The normalized spacial score (nSPS) is 12.2. The number of nitriles is 1. The third kappa shape index (κ3) is 5.43. The van der Waals surface area contributed by atoms with Crippen LogP contribution < -0.4 is 10.1 Å². The Morgan fingerprint density at radius 3 is 2.68 bits per heavy atom. The van der Waals surface area contributed by atoms with E-state index >= 15 is 0 Å². The van der Waals surface area contributed by atoms with E-state index < -0.39 is 0 Å². The Labute approximate surface area is 183 Å². The lowest BCUT2D eigenvalue weighted by atomic mass is 9.98. The first-order valence-corrected chi connectivity index (χ1v) is 10.8. The van der Waals surface area contributed by atoms with Crippen molar-refractivity contribution in [3.8, 4) is 11.8 Å². The summed E-state index contributed by atoms with van der Waals surface area (Å²) in [7, 11) is 1.61. The molecular formula is C25H29N3O3. The molecule has 0 unspecified atom stereocenters. The monoisotopic (exact) mass is 419 g/mol. The molecule has 0 aliphatic carbocycles. The maximum atomic E-state index is 13.2. The maximum Gasteiger partial charge on any atom is 0.254 e. The van der Waals surface area contributed by atoms with E-state index in [0.717, 1.165) is 41.7 Å². The van der Waals surface area contributed by atoms with E-state index in [0.29, 0.717) is 43.7 Å². The number of rotatable bonds is 9. The molecule has 31 heavy (non-hydrogen) atoms. The molecule has 3 rings (SSSR count). The number of benzene rings is 2. The molecule has 1 heterocycles. The molecule has 0 saturated carbocycles. The standard InChI is InChI=1S/C25H29N3O3/c1-3-4-7-18-8-9-19(15-23(18)24(29)27-2)25(30)28-16-20-10-11-22(14-21(20)17-28)31-13-6-5-12-26/h8-11,14-15H,3-7,13,16-17H2,1-2H3,(H,27,29). The third-order valence-corrected chi connectivity index (χ3v) is 5.52. The van der Waals surface area contributed by atoms with Crippen molar-refractivity contribution in [3.05, 3.63) is 64.2 Å². The second-order valence-corrected chi connectivity index (χ2v) is 7.76. The van der Waals surface area contributed by atoms with Gasteiger partial charge in [0.15, 0.2) is 0 Å². The van der Waals surface area contributed by atoms with Crippen molar-refractivity contribution in [2.75, 3.05) is 13.7 Å². The van der Waals surface area contributed by atoms with Crippen LogP contribution in [0, 0.1) is 11.3 Å². The van der Waals surface area contributed by atoms with Gasteiger partial charge in [-0.2, -0.15) is 5.26 Å². The Hall–Kier alpha value is -3.33. The molecule has 2 aromatic carbocycles. The number of nitrogens with zero attached hydrogens (tertiary/aromatic N) is 2. The smallest absolute Gasteiger partial charge is 0.254 e. The van der Waals surface area contributed by atoms with Crippen LogP contribution in [0.3, 0.4) is 0 Å². The van der Waals surface area contributed by atoms with Crippen LogP contribution in [0.15, 0.2) is 36.4 Å². The zero-order valence-corrected chi connectivity index (χ0v) is 18.2. The van der Waals surface area contributed by atoms with Crippen molar-refractivity contribution in [2.45, 2.75) is 52.1 Å². The summed E-state index contributed by atoms with van der Waals surface area (Å²) in [4.78, 5) is 27.3. The highest BCUT2D eigenvalue weighted by molar-refractivity contribution is 6.00. The quantitative estimate of drug-likeness (QED) is 0.617. The van der Waals surface area contributed by atoms with Gasteiger partial charge in [-0.25, -0.2) is 0 Å². The minimum Gasteiger partial charge on any atom is -0.494 e. The van der Waals surface area contributed by atoms with Crippen molar-refractivity contribution in [3.63, 3.8) is 0 Å². The number of fused-ring (bicyclic) bond motifs is 1. The van der Waals surface area contributed by atoms with Crippen LogP contribution in [0.5, 0.6) is 5.75 Å². The second kappa shape index (κ2) is 10.6. The van der Waals surface area contributed by atoms with E-state index in [-0.39, 0.29) is 11.8 Å². The van der Waals surface area contributed by atoms with Gasteiger partial charge in [-0.3, -0.25) is 9.59 Å². The molecule has 2 amide bonds. The largest absolute Gasteiger partial charge is 0.494 e. The van der Waals surface area contributed by atoms with Crippen molar-refractivity contribution in [2.24, 2.45) is 0 Å². The summed E-state index contributed by atoms with van der Waals surface area (Å²) in [6, 6.07) is 13.4. The number of hydrogen-bond donors (Lipinski definition) is 1. The molecule has 0 bridgehead atoms. The Kier molecular flexibility index (Phi) is 7.66. The first-order valence-electron chi connectivity index (χ1n) is 10.8. The predicted molar refractivity (Wildman–Crippen MR) is 119 cm³/mol. The molecule has 0 spiro atoms. The number of unbranched alkanes of at least 4 members (excludes halogenated alkanes) is 2. The summed E-state index contributed by atoms with van der Waals surface area (Å²) in [5.41, 5.74) is 4.24. The molecule has 6 nitrogen and oxygen atoms in total. The van der Waals surface area contributed by atoms with Gasteiger partial charge < -0.3 is 15.0 Å². The van der Waals surface area contributed by atoms with E-state index in [2.05, 4.69) is 18.3 Å². The molecular weight excluding hydrogens is 390 g/mol. The van der Waals surface area contributed by atoms with Gasteiger partial charge >= 0.3 is 0 Å². The van der Waals surface area contributed by atoms with Crippen LogP contribution in [-0.2, 0) is 19.5 Å². The fourth-order valence-corrected chi connectivity index (χ4v) is 3.77. The van der Waals surface area contributed by atoms with Crippen LogP contribution in [-0.4, -0.2) is 30.4 Å². The summed E-state index contributed by atoms with van der Waals surface area (Å²) < 4.78 is 5.71. The fraction of sp³-hybridized carbons (Fsp3) is 0.400. The van der Waals surface area contributed by atoms with Gasteiger partial charge in [0.2, 0.25) is 0 Å². The average Bonchev–Trinajstić information content (AvgIpc) is 3.23. The minimum absolute atomic E-state index is 0.0834. The number of ether oxygens (including phenoxy) is 1. The van der Waals surface area contributed by atoms with Gasteiger partial charge in [-0.1, -0.05) is 25.5 Å². The molecule has 1 aliphatic heterocycles. The van der Waals surface area contributed by atoms with E-state index in [1.54, 1.807) is 18.0 Å². The first kappa shape index (κ1) is 22.4. The van der Waals surface area contributed by atoms with Crippen molar-refractivity contribution < 1.29 is 14.3 Å². The fourth-order valence-electron chi connectivity index (χ4n) is 3.77. The summed E-state index contributed by atoms with van der Waals surface area (Å²) >= 11 is 0. The third-order valence-electron chi connectivity index (χ3n) is 5.52. The molecule has 0 aromatic heterocycles. The zero-order chi connectivity index (χ0) is 22.2. The number of carbonyl (C=O) groups excluding carboxylic acids is 2. The average molecular weight is 420 g/mol. The molecule has 0 saturated heterocycles. The summed E-state index contributed by atoms with van der Waals surface area (Å²) in [6.07, 6.45) is 4.03. The second-order valence-electron chi connectivity index (χ2n) is 7.76. The molecule has 1 aliphatic rings. The topological polar surface area (TPSA) is 82.4 Å². The van der Waals surface area contributed by atoms with Gasteiger partial charge in [0.05, 0.1) is 12.7 Å². The Balaban J connectivity index is 1.72. The van der Waals surface area contributed by atoms with E-state index in [1.807, 2.05) is 30.3 Å². The minimum atomic E-state index is -0.163. The molecule has 0 radical (unpaired) electrons. The first-order chi connectivity index (χ1) is 15.1. The Morgan fingerprint density at radius 2 is 1.94 bits per heavy atom.